The third-order valence-electron chi connectivity index (χ3n) is 6.89. The summed E-state index contributed by atoms with van der Waals surface area (Å²) in [5, 5.41) is 20.1. The molecule has 0 amide bonds. The predicted molar refractivity (Wildman–Crippen MR) is 93.1 cm³/mol. The molecule has 0 aromatic rings. The molecule has 0 unspecified atom stereocenters. The second-order valence-electron chi connectivity index (χ2n) is 8.48. The number of aliphatic carboxylic acids is 1. The molecular formula is C20H32O3. The summed E-state index contributed by atoms with van der Waals surface area (Å²) in [4.78, 5) is 11.9. The number of hydrogen-bond donors (Lipinski definition) is 2. The molecule has 2 fully saturated rings. The third kappa shape index (κ3) is 3.13. The number of carbonyl (C=O) groups is 1. The standard InChI is InChI=1S/C20H32O3/c1-6-18(3,23)13-10-15-14(2)8-9-16-19(15,4)11-7-12-20(16,5)17(21)22/h6,15-16,23H,1-2,7-13H2,3-5H3,(H,21,22)/t15-,16-,18+,19+,20-/m0/s1. The minimum atomic E-state index is -0.867. The minimum absolute atomic E-state index is 0.0298. The van der Waals surface area contributed by atoms with Crippen molar-refractivity contribution in [1.29, 1.82) is 0 Å². The van der Waals surface area contributed by atoms with Gasteiger partial charge in [0.25, 0.3) is 0 Å². The SMILES string of the molecule is C=C[C@@](C)(O)CC[C@H]1C(=C)CC[C@H]2[C@]1(C)CCC[C@]2(C)C(=O)O. The van der Waals surface area contributed by atoms with E-state index in [1.807, 2.05) is 6.92 Å². The van der Waals surface area contributed by atoms with Crippen LogP contribution < -0.4 is 0 Å². The summed E-state index contributed by atoms with van der Waals surface area (Å²) < 4.78 is 0. The van der Waals surface area contributed by atoms with Gasteiger partial charge in [-0.3, -0.25) is 4.79 Å². The first-order valence-electron chi connectivity index (χ1n) is 8.84. The summed E-state index contributed by atoms with van der Waals surface area (Å²) in [6, 6.07) is 0. The van der Waals surface area contributed by atoms with E-state index in [4.69, 9.17) is 0 Å². The van der Waals surface area contributed by atoms with E-state index in [9.17, 15) is 15.0 Å². The molecule has 0 heterocycles. The van der Waals surface area contributed by atoms with Crippen LogP contribution in [0.25, 0.3) is 0 Å². The Labute approximate surface area is 140 Å². The lowest BCUT2D eigenvalue weighted by Crippen LogP contribution is -2.53. The summed E-state index contributed by atoms with van der Waals surface area (Å²) in [6.07, 6.45) is 7.70. The molecule has 2 N–H and O–H groups in total. The first-order chi connectivity index (χ1) is 10.6. The molecule has 2 saturated carbocycles. The van der Waals surface area contributed by atoms with Gasteiger partial charge in [-0.2, -0.15) is 0 Å². The van der Waals surface area contributed by atoms with Crippen LogP contribution in [0.4, 0.5) is 0 Å². The first-order valence-corrected chi connectivity index (χ1v) is 8.84. The Hall–Kier alpha value is -1.09. The quantitative estimate of drug-likeness (QED) is 0.730. The lowest BCUT2D eigenvalue weighted by Gasteiger charge is -2.57. The molecule has 0 aromatic carbocycles. The lowest BCUT2D eigenvalue weighted by atomic mass is 9.46. The zero-order valence-corrected chi connectivity index (χ0v) is 14.9. The Balaban J connectivity index is 2.29. The van der Waals surface area contributed by atoms with Gasteiger partial charge in [-0.1, -0.05) is 31.6 Å². The van der Waals surface area contributed by atoms with Crippen LogP contribution in [0.2, 0.25) is 0 Å². The van der Waals surface area contributed by atoms with Crippen molar-refractivity contribution in [2.45, 2.75) is 71.3 Å². The molecule has 0 radical (unpaired) electrons. The molecule has 2 aliphatic carbocycles. The third-order valence-corrected chi connectivity index (χ3v) is 6.89. The van der Waals surface area contributed by atoms with Crippen LogP contribution in [-0.4, -0.2) is 21.8 Å². The van der Waals surface area contributed by atoms with Gasteiger partial charge in [0, 0.05) is 0 Å². The number of carboxylic acids is 1. The second kappa shape index (κ2) is 6.08. The van der Waals surface area contributed by atoms with Crippen LogP contribution in [0.15, 0.2) is 24.8 Å². The molecule has 0 aliphatic heterocycles. The van der Waals surface area contributed by atoms with Crippen LogP contribution in [0.1, 0.15) is 65.7 Å². The van der Waals surface area contributed by atoms with E-state index in [2.05, 4.69) is 20.1 Å². The van der Waals surface area contributed by atoms with Crippen molar-refractivity contribution in [3.05, 3.63) is 24.8 Å². The van der Waals surface area contributed by atoms with Gasteiger partial charge < -0.3 is 10.2 Å². The van der Waals surface area contributed by atoms with E-state index in [1.165, 1.54) is 5.57 Å². The Kier molecular flexibility index (Phi) is 4.83. The van der Waals surface area contributed by atoms with Gasteiger partial charge in [0.1, 0.15) is 0 Å². The van der Waals surface area contributed by atoms with Gasteiger partial charge in [0.2, 0.25) is 0 Å². The van der Waals surface area contributed by atoms with Gasteiger partial charge in [-0.15, -0.1) is 6.58 Å². The maximum atomic E-state index is 11.9. The normalized spacial score (nSPS) is 40.1. The summed E-state index contributed by atoms with van der Waals surface area (Å²) in [7, 11) is 0. The molecule has 130 valence electrons. The van der Waals surface area contributed by atoms with Gasteiger partial charge in [-0.25, -0.2) is 0 Å². The van der Waals surface area contributed by atoms with Crippen molar-refractivity contribution in [3.63, 3.8) is 0 Å². The average molecular weight is 320 g/mol. The highest BCUT2D eigenvalue weighted by atomic mass is 16.4. The molecule has 0 spiro atoms. The molecule has 0 saturated heterocycles. The Morgan fingerprint density at radius 3 is 2.65 bits per heavy atom. The zero-order valence-electron chi connectivity index (χ0n) is 14.9. The highest BCUT2D eigenvalue weighted by Gasteiger charge is 2.57. The molecule has 2 aliphatic rings. The van der Waals surface area contributed by atoms with Crippen molar-refractivity contribution >= 4 is 5.97 Å². The van der Waals surface area contributed by atoms with Gasteiger partial charge in [-0.05, 0) is 69.6 Å². The van der Waals surface area contributed by atoms with Gasteiger partial charge in [0.05, 0.1) is 11.0 Å². The topological polar surface area (TPSA) is 57.5 Å². The zero-order chi connectivity index (χ0) is 17.5. The number of rotatable bonds is 5. The van der Waals surface area contributed by atoms with Crippen LogP contribution in [0.5, 0.6) is 0 Å². The van der Waals surface area contributed by atoms with E-state index < -0.39 is 17.0 Å². The Morgan fingerprint density at radius 1 is 1.43 bits per heavy atom. The molecular weight excluding hydrogens is 288 g/mol. The molecule has 0 bridgehead atoms. The lowest BCUT2D eigenvalue weighted by molar-refractivity contribution is -0.164. The van der Waals surface area contributed by atoms with Crippen molar-refractivity contribution in [1.82, 2.24) is 0 Å². The maximum absolute atomic E-state index is 11.9. The smallest absolute Gasteiger partial charge is 0.309 e. The van der Waals surface area contributed by atoms with E-state index in [0.717, 1.165) is 38.5 Å². The fourth-order valence-electron chi connectivity index (χ4n) is 5.28. The largest absolute Gasteiger partial charge is 0.481 e. The summed E-state index contributed by atoms with van der Waals surface area (Å²) in [6.45, 7) is 14.0. The molecule has 3 nitrogen and oxygen atoms in total. The summed E-state index contributed by atoms with van der Waals surface area (Å²) in [5.74, 6) is -0.185. The predicted octanol–water partition coefficient (Wildman–Crippen LogP) is 4.57. The fraction of sp³-hybridized carbons (Fsp3) is 0.750. The van der Waals surface area contributed by atoms with E-state index in [0.29, 0.717) is 6.42 Å². The fourth-order valence-corrected chi connectivity index (χ4v) is 5.28. The average Bonchev–Trinajstić information content (AvgIpc) is 2.46. The molecule has 5 atom stereocenters. The van der Waals surface area contributed by atoms with Crippen LogP contribution in [0.3, 0.4) is 0 Å². The molecule has 23 heavy (non-hydrogen) atoms. The first kappa shape index (κ1) is 18.3. The van der Waals surface area contributed by atoms with Crippen molar-refractivity contribution in [2.75, 3.05) is 0 Å². The Bertz CT molecular complexity index is 507. The monoisotopic (exact) mass is 320 g/mol. The number of aliphatic hydroxyl groups is 1. The highest BCUT2D eigenvalue weighted by molar-refractivity contribution is 5.75. The molecule has 0 aromatic heterocycles. The summed E-state index contributed by atoms with van der Waals surface area (Å²) >= 11 is 0. The van der Waals surface area contributed by atoms with Crippen molar-refractivity contribution in [3.8, 4) is 0 Å². The number of allylic oxidation sites excluding steroid dienone is 1. The Morgan fingerprint density at radius 2 is 2.09 bits per heavy atom. The number of carboxylic acid groups (broad SMARTS) is 1. The van der Waals surface area contributed by atoms with Crippen LogP contribution in [-0.2, 0) is 4.79 Å². The number of hydrogen-bond acceptors (Lipinski definition) is 2. The van der Waals surface area contributed by atoms with Crippen LogP contribution >= 0.6 is 0 Å². The van der Waals surface area contributed by atoms with E-state index >= 15 is 0 Å². The van der Waals surface area contributed by atoms with Crippen LogP contribution in [0, 0.1) is 22.7 Å². The highest BCUT2D eigenvalue weighted by Crippen LogP contribution is 2.62. The van der Waals surface area contributed by atoms with E-state index in [1.54, 1.807) is 13.0 Å². The second-order valence-corrected chi connectivity index (χ2v) is 8.48. The van der Waals surface area contributed by atoms with E-state index in [-0.39, 0.29) is 17.3 Å². The summed E-state index contributed by atoms with van der Waals surface area (Å²) in [5.41, 5.74) is -0.294. The van der Waals surface area contributed by atoms with Gasteiger partial charge in [0.15, 0.2) is 0 Å². The van der Waals surface area contributed by atoms with Crippen molar-refractivity contribution in [2.24, 2.45) is 22.7 Å². The minimum Gasteiger partial charge on any atom is -0.481 e. The maximum Gasteiger partial charge on any atom is 0.309 e. The molecule has 2 rings (SSSR count). The van der Waals surface area contributed by atoms with Gasteiger partial charge >= 0.3 is 5.97 Å². The molecule has 3 heteroatoms. The number of fused-ring (bicyclic) bond motifs is 1. The van der Waals surface area contributed by atoms with Crippen molar-refractivity contribution < 1.29 is 15.0 Å².